The van der Waals surface area contributed by atoms with Crippen molar-refractivity contribution in [3.8, 4) is 6.07 Å². The Hall–Kier alpha value is -1.87. The Balaban J connectivity index is 1.92. The van der Waals surface area contributed by atoms with Crippen LogP contribution in [0.25, 0.3) is 0 Å². The molecule has 0 unspecified atom stereocenters. The Kier molecular flexibility index (Phi) is 4.97. The number of carbonyl (C=O) groups is 1. The molecule has 0 aromatic heterocycles. The van der Waals surface area contributed by atoms with Crippen LogP contribution in [0.15, 0.2) is 24.3 Å². The van der Waals surface area contributed by atoms with E-state index in [9.17, 15) is 13.2 Å². The fourth-order valence-corrected chi connectivity index (χ4v) is 4.41. The average Bonchev–Trinajstić information content (AvgIpc) is 3.01. The normalized spacial score (nSPS) is 15.6. The van der Waals surface area contributed by atoms with Gasteiger partial charge in [0.2, 0.25) is 5.91 Å². The van der Waals surface area contributed by atoms with Crippen LogP contribution >= 0.6 is 0 Å². The molecule has 2 rings (SSSR count). The minimum atomic E-state index is -3.19. The van der Waals surface area contributed by atoms with Crippen LogP contribution in [0.2, 0.25) is 0 Å². The van der Waals surface area contributed by atoms with E-state index in [2.05, 4.69) is 5.32 Å². The second-order valence-corrected chi connectivity index (χ2v) is 7.63. The van der Waals surface area contributed by atoms with Crippen LogP contribution in [-0.4, -0.2) is 25.3 Å². The third-order valence-corrected chi connectivity index (χ3v) is 6.01. The SMILES string of the molecule is N#Cc1ccccc1NC(=O)CCS(=O)(=O)C1CCCC1. The molecule has 0 bridgehead atoms. The molecule has 5 nitrogen and oxygen atoms in total. The summed E-state index contributed by atoms with van der Waals surface area (Å²) in [6, 6.07) is 8.64. The van der Waals surface area contributed by atoms with Crippen molar-refractivity contribution in [2.45, 2.75) is 37.4 Å². The molecule has 1 aromatic carbocycles. The van der Waals surface area contributed by atoms with Gasteiger partial charge in [-0.05, 0) is 25.0 Å². The number of nitrogens with zero attached hydrogens (tertiary/aromatic N) is 1. The Morgan fingerprint density at radius 2 is 1.95 bits per heavy atom. The number of carbonyl (C=O) groups excluding carboxylic acids is 1. The smallest absolute Gasteiger partial charge is 0.225 e. The molecule has 0 heterocycles. The quantitative estimate of drug-likeness (QED) is 0.903. The number of rotatable bonds is 5. The van der Waals surface area contributed by atoms with E-state index in [1.807, 2.05) is 6.07 Å². The van der Waals surface area contributed by atoms with E-state index in [1.165, 1.54) is 0 Å². The lowest BCUT2D eigenvalue weighted by Crippen LogP contribution is -2.24. The second kappa shape index (κ2) is 6.72. The van der Waals surface area contributed by atoms with Crippen molar-refractivity contribution >= 4 is 21.4 Å². The predicted octanol–water partition coefficient (Wildman–Crippen LogP) is 2.24. The number of hydrogen-bond donors (Lipinski definition) is 1. The van der Waals surface area contributed by atoms with E-state index in [0.717, 1.165) is 12.8 Å². The number of nitrogens with one attached hydrogen (secondary N) is 1. The summed E-state index contributed by atoms with van der Waals surface area (Å²) in [5.74, 6) is -0.502. The average molecular weight is 306 g/mol. The highest BCUT2D eigenvalue weighted by Crippen LogP contribution is 2.25. The molecule has 1 fully saturated rings. The van der Waals surface area contributed by atoms with Gasteiger partial charge in [-0.2, -0.15) is 5.26 Å². The molecule has 0 atom stereocenters. The maximum Gasteiger partial charge on any atom is 0.225 e. The highest BCUT2D eigenvalue weighted by Gasteiger charge is 2.28. The number of anilines is 1. The van der Waals surface area contributed by atoms with E-state index in [0.29, 0.717) is 24.1 Å². The van der Waals surface area contributed by atoms with Gasteiger partial charge in [-0.3, -0.25) is 4.79 Å². The molecule has 1 aliphatic rings. The van der Waals surface area contributed by atoms with Gasteiger partial charge in [0.15, 0.2) is 9.84 Å². The van der Waals surface area contributed by atoms with Crippen LogP contribution in [0.5, 0.6) is 0 Å². The van der Waals surface area contributed by atoms with Crippen molar-refractivity contribution in [3.05, 3.63) is 29.8 Å². The molecule has 1 aliphatic carbocycles. The van der Waals surface area contributed by atoms with E-state index in [4.69, 9.17) is 5.26 Å². The van der Waals surface area contributed by atoms with E-state index in [-0.39, 0.29) is 23.3 Å². The Morgan fingerprint density at radius 3 is 2.62 bits per heavy atom. The fourth-order valence-electron chi connectivity index (χ4n) is 2.55. The monoisotopic (exact) mass is 306 g/mol. The number of benzene rings is 1. The first-order chi connectivity index (χ1) is 10.0. The summed E-state index contributed by atoms with van der Waals surface area (Å²) in [7, 11) is -3.19. The van der Waals surface area contributed by atoms with Crippen molar-refractivity contribution in [2.24, 2.45) is 0 Å². The molecule has 112 valence electrons. The molecule has 0 aliphatic heterocycles. The molecule has 1 saturated carbocycles. The van der Waals surface area contributed by atoms with Gasteiger partial charge in [0.25, 0.3) is 0 Å². The molecule has 1 aromatic rings. The van der Waals surface area contributed by atoms with Gasteiger partial charge < -0.3 is 5.32 Å². The molecule has 1 N–H and O–H groups in total. The van der Waals surface area contributed by atoms with Gasteiger partial charge in [0.05, 0.1) is 22.3 Å². The molecular formula is C15H18N2O3S. The summed E-state index contributed by atoms with van der Waals surface area (Å²) in [6.45, 7) is 0. The van der Waals surface area contributed by atoms with Crippen molar-refractivity contribution < 1.29 is 13.2 Å². The Bertz CT molecular complexity index is 656. The molecule has 0 spiro atoms. The summed E-state index contributed by atoms with van der Waals surface area (Å²) >= 11 is 0. The summed E-state index contributed by atoms with van der Waals surface area (Å²) in [5.41, 5.74) is 0.785. The zero-order chi connectivity index (χ0) is 15.3. The molecule has 0 radical (unpaired) electrons. The highest BCUT2D eigenvalue weighted by atomic mass is 32.2. The maximum absolute atomic E-state index is 12.1. The van der Waals surface area contributed by atoms with Gasteiger partial charge in [-0.25, -0.2) is 8.42 Å². The lowest BCUT2D eigenvalue weighted by Gasteiger charge is -2.11. The van der Waals surface area contributed by atoms with Gasteiger partial charge in [0.1, 0.15) is 6.07 Å². The third-order valence-electron chi connectivity index (χ3n) is 3.75. The fraction of sp³-hybridized carbons (Fsp3) is 0.467. The highest BCUT2D eigenvalue weighted by molar-refractivity contribution is 7.92. The lowest BCUT2D eigenvalue weighted by molar-refractivity contribution is -0.115. The molecular weight excluding hydrogens is 288 g/mol. The molecule has 0 saturated heterocycles. The van der Waals surface area contributed by atoms with Crippen molar-refractivity contribution in [1.29, 1.82) is 5.26 Å². The number of para-hydroxylation sites is 1. The lowest BCUT2D eigenvalue weighted by atomic mass is 10.2. The zero-order valence-corrected chi connectivity index (χ0v) is 12.5. The standard InChI is InChI=1S/C15H18N2O3S/c16-11-12-5-1-4-8-14(12)17-15(18)9-10-21(19,20)13-6-2-3-7-13/h1,4-5,8,13H,2-3,6-7,9-10H2,(H,17,18). The number of nitriles is 1. The Morgan fingerprint density at radius 1 is 1.29 bits per heavy atom. The van der Waals surface area contributed by atoms with Gasteiger partial charge in [-0.1, -0.05) is 25.0 Å². The molecule has 6 heteroatoms. The van der Waals surface area contributed by atoms with Crippen LogP contribution < -0.4 is 5.32 Å². The first-order valence-electron chi connectivity index (χ1n) is 7.03. The molecule has 21 heavy (non-hydrogen) atoms. The maximum atomic E-state index is 12.1. The summed E-state index contributed by atoms with van der Waals surface area (Å²) in [6.07, 6.45) is 3.25. The summed E-state index contributed by atoms with van der Waals surface area (Å²) < 4.78 is 24.2. The second-order valence-electron chi connectivity index (χ2n) is 5.23. The van der Waals surface area contributed by atoms with Crippen molar-refractivity contribution in [3.63, 3.8) is 0 Å². The minimum Gasteiger partial charge on any atom is -0.325 e. The van der Waals surface area contributed by atoms with E-state index in [1.54, 1.807) is 24.3 Å². The third kappa shape index (κ3) is 4.05. The Labute approximate surface area is 124 Å². The van der Waals surface area contributed by atoms with Crippen LogP contribution in [0.1, 0.15) is 37.7 Å². The number of sulfone groups is 1. The predicted molar refractivity (Wildman–Crippen MR) is 80.4 cm³/mol. The van der Waals surface area contributed by atoms with Crippen LogP contribution in [0, 0.1) is 11.3 Å². The topological polar surface area (TPSA) is 87.0 Å². The van der Waals surface area contributed by atoms with Crippen LogP contribution in [0.4, 0.5) is 5.69 Å². The zero-order valence-electron chi connectivity index (χ0n) is 11.7. The van der Waals surface area contributed by atoms with E-state index < -0.39 is 9.84 Å². The first kappa shape index (κ1) is 15.5. The summed E-state index contributed by atoms with van der Waals surface area (Å²) in [4.78, 5) is 11.9. The largest absolute Gasteiger partial charge is 0.325 e. The van der Waals surface area contributed by atoms with Gasteiger partial charge >= 0.3 is 0 Å². The summed E-state index contributed by atoms with van der Waals surface area (Å²) in [5, 5.41) is 11.3. The van der Waals surface area contributed by atoms with Crippen molar-refractivity contribution in [2.75, 3.05) is 11.1 Å². The minimum absolute atomic E-state index is 0.0708. The van der Waals surface area contributed by atoms with Gasteiger partial charge in [-0.15, -0.1) is 0 Å². The first-order valence-corrected chi connectivity index (χ1v) is 8.75. The van der Waals surface area contributed by atoms with Crippen LogP contribution in [0.3, 0.4) is 0 Å². The van der Waals surface area contributed by atoms with E-state index >= 15 is 0 Å². The van der Waals surface area contributed by atoms with Gasteiger partial charge in [0, 0.05) is 6.42 Å². The van der Waals surface area contributed by atoms with Crippen LogP contribution in [-0.2, 0) is 14.6 Å². The number of amides is 1. The number of hydrogen-bond acceptors (Lipinski definition) is 4. The molecule has 1 amide bonds. The van der Waals surface area contributed by atoms with Crippen molar-refractivity contribution in [1.82, 2.24) is 0 Å².